The summed E-state index contributed by atoms with van der Waals surface area (Å²) >= 11 is 0. The van der Waals surface area contributed by atoms with E-state index in [1.54, 1.807) is 18.3 Å². The molecule has 162 valence electrons. The smallest absolute Gasteiger partial charge is 0.305 e. The minimum Gasteiger partial charge on any atom is -0.493 e. The number of aromatic nitrogens is 2. The van der Waals surface area contributed by atoms with E-state index in [2.05, 4.69) is 15.3 Å². The summed E-state index contributed by atoms with van der Waals surface area (Å²) in [7, 11) is 0. The van der Waals surface area contributed by atoms with Gasteiger partial charge in [-0.2, -0.15) is 0 Å². The summed E-state index contributed by atoms with van der Waals surface area (Å²) < 4.78 is 22.8. The van der Waals surface area contributed by atoms with E-state index in [-0.39, 0.29) is 24.5 Å². The molecule has 1 fully saturated rings. The summed E-state index contributed by atoms with van der Waals surface area (Å²) in [5, 5.41) is 2.74. The molecule has 0 radical (unpaired) electrons. The summed E-state index contributed by atoms with van der Waals surface area (Å²) in [6.07, 6.45) is 5.59. The molecule has 1 saturated carbocycles. The van der Waals surface area contributed by atoms with Crippen molar-refractivity contribution in [2.45, 2.75) is 32.7 Å². The van der Waals surface area contributed by atoms with E-state index in [9.17, 15) is 4.79 Å². The SMILES string of the molecule is CC(=O)N[C@@H](C)COc1cnc(-c2ccc(Oc3cccc(OCC4CC4)c3)cn2)o1. The summed E-state index contributed by atoms with van der Waals surface area (Å²) in [6, 6.07) is 11.0. The Balaban J connectivity index is 1.32. The number of nitrogens with one attached hydrogen (secondary N) is 1. The van der Waals surface area contributed by atoms with E-state index in [1.807, 2.05) is 31.2 Å². The number of oxazole rings is 1. The molecule has 1 aliphatic rings. The number of hydrogen-bond donors (Lipinski definition) is 1. The van der Waals surface area contributed by atoms with Crippen molar-refractivity contribution in [1.82, 2.24) is 15.3 Å². The van der Waals surface area contributed by atoms with E-state index in [0.29, 0.717) is 29.0 Å². The lowest BCUT2D eigenvalue weighted by Gasteiger charge is -2.11. The molecule has 1 aromatic carbocycles. The van der Waals surface area contributed by atoms with Crippen LogP contribution in [0, 0.1) is 5.92 Å². The van der Waals surface area contributed by atoms with Gasteiger partial charge in [-0.05, 0) is 49.9 Å². The van der Waals surface area contributed by atoms with Gasteiger partial charge in [0.05, 0.1) is 18.8 Å². The van der Waals surface area contributed by atoms with Crippen LogP contribution in [-0.2, 0) is 4.79 Å². The van der Waals surface area contributed by atoms with Gasteiger partial charge in [-0.15, -0.1) is 0 Å². The number of nitrogens with zero attached hydrogens (tertiary/aromatic N) is 2. The van der Waals surface area contributed by atoms with Crippen molar-refractivity contribution in [3.63, 3.8) is 0 Å². The molecule has 1 amide bonds. The van der Waals surface area contributed by atoms with Gasteiger partial charge < -0.3 is 23.9 Å². The first-order valence-corrected chi connectivity index (χ1v) is 10.3. The highest BCUT2D eigenvalue weighted by molar-refractivity contribution is 5.73. The Morgan fingerprint density at radius 3 is 2.71 bits per heavy atom. The number of benzene rings is 1. The van der Waals surface area contributed by atoms with Crippen molar-refractivity contribution in [3.05, 3.63) is 48.8 Å². The first-order valence-electron chi connectivity index (χ1n) is 10.3. The number of hydrogen-bond acceptors (Lipinski definition) is 7. The molecular formula is C23H25N3O5. The molecule has 1 atom stereocenters. The summed E-state index contributed by atoms with van der Waals surface area (Å²) in [6.45, 7) is 4.33. The first kappa shape index (κ1) is 20.7. The van der Waals surface area contributed by atoms with Crippen LogP contribution in [0.4, 0.5) is 0 Å². The number of carbonyl (C=O) groups is 1. The fraction of sp³-hybridized carbons (Fsp3) is 0.348. The van der Waals surface area contributed by atoms with Crippen molar-refractivity contribution < 1.29 is 23.4 Å². The molecule has 31 heavy (non-hydrogen) atoms. The van der Waals surface area contributed by atoms with Crippen LogP contribution in [0.15, 0.2) is 53.2 Å². The normalized spacial score (nSPS) is 14.0. The fourth-order valence-electron chi connectivity index (χ4n) is 2.87. The monoisotopic (exact) mass is 423 g/mol. The van der Waals surface area contributed by atoms with Gasteiger partial charge in [0.1, 0.15) is 35.7 Å². The van der Waals surface area contributed by atoms with Crippen LogP contribution in [0.3, 0.4) is 0 Å². The topological polar surface area (TPSA) is 95.7 Å². The maximum atomic E-state index is 11.0. The Bertz CT molecular complexity index is 1010. The second kappa shape index (κ2) is 9.51. The zero-order chi connectivity index (χ0) is 21.6. The van der Waals surface area contributed by atoms with Gasteiger partial charge in [0, 0.05) is 13.0 Å². The highest BCUT2D eigenvalue weighted by atomic mass is 16.6. The summed E-state index contributed by atoms with van der Waals surface area (Å²) in [5.41, 5.74) is 0.554. The molecule has 2 aromatic heterocycles. The van der Waals surface area contributed by atoms with E-state index in [1.165, 1.54) is 26.0 Å². The Morgan fingerprint density at radius 2 is 1.97 bits per heavy atom. The molecule has 0 bridgehead atoms. The molecule has 0 saturated heterocycles. The Hall–Kier alpha value is -3.55. The van der Waals surface area contributed by atoms with Gasteiger partial charge in [-0.3, -0.25) is 4.79 Å². The second-order valence-corrected chi connectivity index (χ2v) is 7.61. The van der Waals surface area contributed by atoms with E-state index in [0.717, 1.165) is 12.4 Å². The molecule has 2 heterocycles. The third-order valence-electron chi connectivity index (χ3n) is 4.59. The predicted molar refractivity (Wildman–Crippen MR) is 113 cm³/mol. The lowest BCUT2D eigenvalue weighted by molar-refractivity contribution is -0.119. The van der Waals surface area contributed by atoms with Crippen molar-refractivity contribution in [2.24, 2.45) is 5.92 Å². The molecule has 0 unspecified atom stereocenters. The molecule has 1 aliphatic carbocycles. The average Bonchev–Trinajstić information content (AvgIpc) is 3.47. The van der Waals surface area contributed by atoms with Gasteiger partial charge in [-0.1, -0.05) is 6.07 Å². The number of carbonyl (C=O) groups excluding carboxylic acids is 1. The Morgan fingerprint density at radius 1 is 1.13 bits per heavy atom. The molecule has 0 spiro atoms. The second-order valence-electron chi connectivity index (χ2n) is 7.61. The Labute approximate surface area is 180 Å². The van der Waals surface area contributed by atoms with Crippen molar-refractivity contribution in [1.29, 1.82) is 0 Å². The highest BCUT2D eigenvalue weighted by Gasteiger charge is 2.21. The maximum Gasteiger partial charge on any atom is 0.305 e. The highest BCUT2D eigenvalue weighted by Crippen LogP contribution is 2.31. The van der Waals surface area contributed by atoms with E-state index in [4.69, 9.17) is 18.6 Å². The van der Waals surface area contributed by atoms with Crippen LogP contribution in [0.25, 0.3) is 11.6 Å². The zero-order valence-electron chi connectivity index (χ0n) is 17.5. The van der Waals surface area contributed by atoms with E-state index >= 15 is 0 Å². The lowest BCUT2D eigenvalue weighted by Crippen LogP contribution is -2.35. The summed E-state index contributed by atoms with van der Waals surface area (Å²) in [4.78, 5) is 19.6. The third kappa shape index (κ3) is 6.21. The minimum atomic E-state index is -0.141. The predicted octanol–water partition coefficient (Wildman–Crippen LogP) is 4.22. The van der Waals surface area contributed by atoms with Crippen LogP contribution in [0.1, 0.15) is 26.7 Å². The maximum absolute atomic E-state index is 11.0. The van der Waals surface area contributed by atoms with Gasteiger partial charge >= 0.3 is 5.95 Å². The summed E-state index contributed by atoms with van der Waals surface area (Å²) in [5.74, 6) is 3.26. The molecule has 1 N–H and O–H groups in total. The van der Waals surface area contributed by atoms with Gasteiger partial charge in [-0.25, -0.2) is 9.97 Å². The average molecular weight is 423 g/mol. The van der Waals surface area contributed by atoms with Crippen LogP contribution in [-0.4, -0.2) is 35.1 Å². The van der Waals surface area contributed by atoms with Crippen LogP contribution < -0.4 is 19.5 Å². The first-order chi connectivity index (χ1) is 15.0. The van der Waals surface area contributed by atoms with Crippen LogP contribution in [0.2, 0.25) is 0 Å². The van der Waals surface area contributed by atoms with Gasteiger partial charge in [0.15, 0.2) is 0 Å². The van der Waals surface area contributed by atoms with Gasteiger partial charge in [0.2, 0.25) is 11.8 Å². The van der Waals surface area contributed by atoms with Crippen molar-refractivity contribution in [2.75, 3.05) is 13.2 Å². The largest absolute Gasteiger partial charge is 0.493 e. The molecule has 8 heteroatoms. The van der Waals surface area contributed by atoms with Crippen LogP contribution in [0.5, 0.6) is 23.2 Å². The molecular weight excluding hydrogens is 398 g/mol. The quantitative estimate of drug-likeness (QED) is 0.521. The Kier molecular flexibility index (Phi) is 6.35. The fourth-order valence-corrected chi connectivity index (χ4v) is 2.87. The molecule has 3 aromatic rings. The number of pyridine rings is 1. The zero-order valence-corrected chi connectivity index (χ0v) is 17.5. The third-order valence-corrected chi connectivity index (χ3v) is 4.59. The number of ether oxygens (including phenoxy) is 3. The van der Waals surface area contributed by atoms with E-state index < -0.39 is 0 Å². The van der Waals surface area contributed by atoms with Crippen molar-refractivity contribution >= 4 is 5.91 Å². The number of amides is 1. The number of rotatable bonds is 10. The lowest BCUT2D eigenvalue weighted by atomic mass is 10.3. The van der Waals surface area contributed by atoms with Crippen LogP contribution >= 0.6 is 0 Å². The molecule has 4 rings (SSSR count). The molecule has 8 nitrogen and oxygen atoms in total. The minimum absolute atomic E-state index is 0.113. The van der Waals surface area contributed by atoms with Gasteiger partial charge in [0.25, 0.3) is 0 Å². The standard InChI is InChI=1S/C23H25N3O5/c1-15(26-16(2)27)13-29-22-12-25-23(31-22)21-9-8-20(11-24-21)30-19-5-3-4-18(10-19)28-14-17-6-7-17/h3-5,8-12,15,17H,6-7,13-14H2,1-2H3,(H,26,27)/t15-/m0/s1. The molecule has 0 aliphatic heterocycles. The van der Waals surface area contributed by atoms with Crippen molar-refractivity contribution in [3.8, 4) is 34.8 Å².